The van der Waals surface area contributed by atoms with Gasteiger partial charge in [0.15, 0.2) is 0 Å². The summed E-state index contributed by atoms with van der Waals surface area (Å²) in [5.74, 6) is 2.15. The molecule has 0 N–H and O–H groups in total. The van der Waals surface area contributed by atoms with Gasteiger partial charge in [0, 0.05) is 35.2 Å². The van der Waals surface area contributed by atoms with E-state index in [4.69, 9.17) is 28.4 Å². The monoisotopic (exact) mass is 380 g/mol. The molecule has 3 fully saturated rings. The molecule has 0 bridgehead atoms. The second-order valence-corrected chi connectivity index (χ2v) is 8.73. The summed E-state index contributed by atoms with van der Waals surface area (Å²) in [5.41, 5.74) is 0. The van der Waals surface area contributed by atoms with Crippen LogP contribution in [0.2, 0.25) is 0 Å². The first-order valence-corrected chi connectivity index (χ1v) is 10.9. The van der Waals surface area contributed by atoms with Gasteiger partial charge in [0.25, 0.3) is 0 Å². The molecule has 0 saturated carbocycles. The van der Waals surface area contributed by atoms with Crippen LogP contribution in [-0.2, 0) is 28.4 Å². The Bertz CT molecular complexity index is 332. The van der Waals surface area contributed by atoms with Crippen molar-refractivity contribution in [1.82, 2.24) is 0 Å². The molecule has 3 rings (SSSR count). The van der Waals surface area contributed by atoms with E-state index in [1.54, 1.807) is 0 Å². The smallest absolute Gasteiger partial charge is 0.212 e. The molecule has 3 aliphatic rings. The van der Waals surface area contributed by atoms with E-state index in [0.717, 1.165) is 50.8 Å². The molecule has 3 saturated heterocycles. The van der Waals surface area contributed by atoms with Crippen LogP contribution in [0.15, 0.2) is 0 Å². The Labute approximate surface area is 152 Å². The van der Waals surface area contributed by atoms with Crippen LogP contribution in [0.1, 0.15) is 26.7 Å². The van der Waals surface area contributed by atoms with Crippen LogP contribution in [0.5, 0.6) is 0 Å². The molecule has 3 aliphatic heterocycles. The fraction of sp³-hybridized carbons (Fsp3) is 1.00. The molecule has 140 valence electrons. The first-order valence-electron chi connectivity index (χ1n) is 8.80. The largest absolute Gasteiger partial charge is 0.348 e. The lowest BCUT2D eigenvalue weighted by Crippen LogP contribution is -2.29. The van der Waals surface area contributed by atoms with Gasteiger partial charge >= 0.3 is 0 Å². The maximum absolute atomic E-state index is 5.75. The second kappa shape index (κ2) is 9.97. The van der Waals surface area contributed by atoms with Crippen molar-refractivity contribution in [3.05, 3.63) is 0 Å². The van der Waals surface area contributed by atoms with Crippen LogP contribution in [0.3, 0.4) is 0 Å². The van der Waals surface area contributed by atoms with Gasteiger partial charge in [-0.25, -0.2) is 0 Å². The molecule has 6 nitrogen and oxygen atoms in total. The van der Waals surface area contributed by atoms with Gasteiger partial charge in [-0.3, -0.25) is 0 Å². The van der Waals surface area contributed by atoms with E-state index in [2.05, 4.69) is 13.8 Å². The molecule has 0 amide bonds. The van der Waals surface area contributed by atoms with Gasteiger partial charge in [0.2, 0.25) is 25.2 Å². The summed E-state index contributed by atoms with van der Waals surface area (Å²) in [6.45, 7) is 7.08. The minimum atomic E-state index is -0.157. The molecule has 0 spiro atoms. The highest BCUT2D eigenvalue weighted by molar-refractivity contribution is 8.07. The minimum absolute atomic E-state index is 0.145. The third-order valence-electron chi connectivity index (χ3n) is 3.73. The summed E-state index contributed by atoms with van der Waals surface area (Å²) in [7, 11) is 0. The molecule has 0 aromatic heterocycles. The third kappa shape index (κ3) is 6.32. The van der Waals surface area contributed by atoms with Gasteiger partial charge in [-0.15, -0.1) is 0 Å². The van der Waals surface area contributed by atoms with Crippen molar-refractivity contribution in [2.75, 3.05) is 37.9 Å². The van der Waals surface area contributed by atoms with E-state index in [-0.39, 0.29) is 25.2 Å². The second-order valence-electron chi connectivity index (χ2n) is 6.06. The quantitative estimate of drug-likeness (QED) is 0.479. The zero-order valence-electron chi connectivity index (χ0n) is 14.4. The van der Waals surface area contributed by atoms with Crippen molar-refractivity contribution >= 4 is 23.5 Å². The molecule has 0 radical (unpaired) electrons. The maximum Gasteiger partial charge on any atom is 0.212 e. The Morgan fingerprint density at radius 2 is 1.12 bits per heavy atom. The molecule has 8 heteroatoms. The van der Waals surface area contributed by atoms with Crippen LogP contribution in [-0.4, -0.2) is 73.6 Å². The number of hydrogen-bond acceptors (Lipinski definition) is 8. The fourth-order valence-corrected chi connectivity index (χ4v) is 5.05. The van der Waals surface area contributed by atoms with Gasteiger partial charge in [-0.1, -0.05) is 13.8 Å². The van der Waals surface area contributed by atoms with Gasteiger partial charge in [0.1, 0.15) is 0 Å². The Morgan fingerprint density at radius 3 is 1.50 bits per heavy atom. The molecule has 0 aliphatic carbocycles. The molecule has 0 aromatic rings. The summed E-state index contributed by atoms with van der Waals surface area (Å²) in [6.07, 6.45) is 1.40. The first kappa shape index (κ1) is 19.2. The van der Waals surface area contributed by atoms with Crippen molar-refractivity contribution in [2.45, 2.75) is 62.3 Å². The summed E-state index contributed by atoms with van der Waals surface area (Å²) < 4.78 is 33.1. The highest BCUT2D eigenvalue weighted by Crippen LogP contribution is 2.33. The molecule has 3 heterocycles. The van der Waals surface area contributed by atoms with E-state index >= 15 is 0 Å². The van der Waals surface area contributed by atoms with Crippen molar-refractivity contribution in [1.29, 1.82) is 0 Å². The van der Waals surface area contributed by atoms with Crippen LogP contribution in [0, 0.1) is 0 Å². The highest BCUT2D eigenvalue weighted by Gasteiger charge is 2.43. The summed E-state index contributed by atoms with van der Waals surface area (Å²) in [5, 5.41) is 1.03. The Kier molecular flexibility index (Phi) is 7.98. The number of rotatable bonds is 12. The molecule has 0 aromatic carbocycles. The summed E-state index contributed by atoms with van der Waals surface area (Å²) in [4.78, 5) is 0. The van der Waals surface area contributed by atoms with Crippen LogP contribution in [0.25, 0.3) is 0 Å². The molecule has 6 atom stereocenters. The van der Waals surface area contributed by atoms with Gasteiger partial charge in [-0.05, 0) is 12.8 Å². The number of epoxide rings is 2. The Balaban J connectivity index is 1.19. The first-order chi connectivity index (χ1) is 11.8. The SMILES string of the molecule is CCCOC1OC1OCC1CSC(COC2OC2OCCC)CS1. The molecular weight excluding hydrogens is 352 g/mol. The Hall–Kier alpha value is 0.460. The number of ether oxygens (including phenoxy) is 6. The average molecular weight is 381 g/mol. The normalized spacial score (nSPS) is 38.2. The van der Waals surface area contributed by atoms with E-state index in [0.29, 0.717) is 10.5 Å². The van der Waals surface area contributed by atoms with Crippen molar-refractivity contribution in [3.63, 3.8) is 0 Å². The third-order valence-corrected chi connectivity index (χ3v) is 6.89. The Morgan fingerprint density at radius 1 is 0.708 bits per heavy atom. The maximum atomic E-state index is 5.75. The lowest BCUT2D eigenvalue weighted by molar-refractivity contribution is 0.0436. The van der Waals surface area contributed by atoms with Crippen LogP contribution in [0.4, 0.5) is 0 Å². The van der Waals surface area contributed by atoms with Crippen LogP contribution < -0.4 is 0 Å². The van der Waals surface area contributed by atoms with E-state index in [9.17, 15) is 0 Å². The van der Waals surface area contributed by atoms with Crippen LogP contribution >= 0.6 is 23.5 Å². The lowest BCUT2D eigenvalue weighted by atomic mass is 10.5. The number of hydrogen-bond donors (Lipinski definition) is 0. The lowest BCUT2D eigenvalue weighted by Gasteiger charge is -2.27. The van der Waals surface area contributed by atoms with Gasteiger partial charge < -0.3 is 28.4 Å². The molecular formula is C16H28O6S2. The van der Waals surface area contributed by atoms with Crippen molar-refractivity contribution < 1.29 is 28.4 Å². The zero-order valence-corrected chi connectivity index (χ0v) is 16.0. The minimum Gasteiger partial charge on any atom is -0.348 e. The number of thioether (sulfide) groups is 2. The molecule has 6 unspecified atom stereocenters. The predicted molar refractivity (Wildman–Crippen MR) is 94.2 cm³/mol. The highest BCUT2D eigenvalue weighted by atomic mass is 32.2. The zero-order chi connectivity index (χ0) is 16.8. The average Bonchev–Trinajstić information content (AvgIpc) is 3.52. The summed E-state index contributed by atoms with van der Waals surface area (Å²) >= 11 is 3.91. The fourth-order valence-electron chi connectivity index (χ4n) is 2.29. The van der Waals surface area contributed by atoms with Gasteiger partial charge in [-0.2, -0.15) is 23.5 Å². The van der Waals surface area contributed by atoms with Crippen molar-refractivity contribution in [2.24, 2.45) is 0 Å². The molecule has 24 heavy (non-hydrogen) atoms. The van der Waals surface area contributed by atoms with E-state index in [1.807, 2.05) is 23.5 Å². The van der Waals surface area contributed by atoms with E-state index in [1.165, 1.54) is 0 Å². The van der Waals surface area contributed by atoms with Gasteiger partial charge in [0.05, 0.1) is 13.2 Å². The topological polar surface area (TPSA) is 62.0 Å². The summed E-state index contributed by atoms with van der Waals surface area (Å²) in [6, 6.07) is 0. The van der Waals surface area contributed by atoms with E-state index < -0.39 is 0 Å². The predicted octanol–water partition coefficient (Wildman–Crippen LogP) is 2.45. The standard InChI is InChI=1S/C16H28O6S2/c1-3-5-17-13-15(21-13)19-7-11-9-24-12(10-23-11)8-20-16-14(22-16)18-6-4-2/h11-16H,3-10H2,1-2H3. The van der Waals surface area contributed by atoms with Crippen molar-refractivity contribution in [3.8, 4) is 0 Å².